The lowest BCUT2D eigenvalue weighted by Gasteiger charge is -2.15. The van der Waals surface area contributed by atoms with Crippen LogP contribution in [0.1, 0.15) is 37.6 Å². The predicted molar refractivity (Wildman–Crippen MR) is 95.6 cm³/mol. The number of amides is 1. The average Bonchev–Trinajstić information content (AvgIpc) is 3.01. The molecule has 6 nitrogen and oxygen atoms in total. The molecule has 1 amide bonds. The summed E-state index contributed by atoms with van der Waals surface area (Å²) in [6, 6.07) is 9.36. The number of rotatable bonds is 6. The molecular formula is C18H23N3O3S. The largest absolute Gasteiger partial charge is 0.355 e. The molecule has 1 heterocycles. The lowest BCUT2D eigenvalue weighted by Crippen LogP contribution is -2.31. The first-order valence-electron chi connectivity index (χ1n) is 8.68. The quantitative estimate of drug-likeness (QED) is 0.854. The Bertz CT molecular complexity index is 857. The monoisotopic (exact) mass is 361 g/mol. The molecule has 2 aromatic rings. The van der Waals surface area contributed by atoms with Gasteiger partial charge in [0.25, 0.3) is 0 Å². The molecule has 0 saturated carbocycles. The molecule has 0 bridgehead atoms. The van der Waals surface area contributed by atoms with Gasteiger partial charge < -0.3 is 5.32 Å². The number of benzene rings is 1. The summed E-state index contributed by atoms with van der Waals surface area (Å²) in [5.41, 5.74) is 2.55. The zero-order valence-electron chi connectivity index (χ0n) is 14.4. The zero-order valence-corrected chi connectivity index (χ0v) is 15.2. The molecule has 1 aromatic carbocycles. The zero-order chi connectivity index (χ0) is 17.9. The summed E-state index contributed by atoms with van der Waals surface area (Å²) in [6.07, 6.45) is 4.37. The number of para-hydroxylation sites is 1. The van der Waals surface area contributed by atoms with Gasteiger partial charge in [-0.25, -0.2) is 13.4 Å². The van der Waals surface area contributed by atoms with Crippen molar-refractivity contribution in [1.82, 2.24) is 14.9 Å². The number of imidazole rings is 1. The van der Waals surface area contributed by atoms with Crippen molar-refractivity contribution < 1.29 is 13.2 Å². The van der Waals surface area contributed by atoms with Gasteiger partial charge in [-0.1, -0.05) is 25.1 Å². The number of carbonyl (C=O) groups is 1. The number of nitrogens with one attached hydrogen (secondary N) is 1. The third-order valence-electron chi connectivity index (χ3n) is 4.29. The van der Waals surface area contributed by atoms with Crippen LogP contribution in [0.15, 0.2) is 35.5 Å². The molecule has 0 radical (unpaired) electrons. The van der Waals surface area contributed by atoms with Crippen molar-refractivity contribution in [1.29, 1.82) is 0 Å². The Morgan fingerprint density at radius 2 is 1.92 bits per heavy atom. The van der Waals surface area contributed by atoms with Crippen LogP contribution in [0.4, 0.5) is 0 Å². The number of sulfone groups is 1. The topological polar surface area (TPSA) is 81.1 Å². The summed E-state index contributed by atoms with van der Waals surface area (Å²) in [6.45, 7) is 2.39. The summed E-state index contributed by atoms with van der Waals surface area (Å²) in [7, 11) is -3.82. The fourth-order valence-corrected chi connectivity index (χ4v) is 4.44. The van der Waals surface area contributed by atoms with E-state index in [2.05, 4.69) is 10.3 Å². The van der Waals surface area contributed by atoms with Crippen LogP contribution in [0.2, 0.25) is 0 Å². The molecule has 1 N–H and O–H groups in total. The third kappa shape index (κ3) is 3.76. The number of aryl methyl sites for hydroxylation is 1. The van der Waals surface area contributed by atoms with Gasteiger partial charge in [0.05, 0.1) is 5.69 Å². The van der Waals surface area contributed by atoms with E-state index < -0.39 is 21.5 Å². The van der Waals surface area contributed by atoms with Gasteiger partial charge in [0.15, 0.2) is 0 Å². The van der Waals surface area contributed by atoms with Crippen molar-refractivity contribution in [3.63, 3.8) is 0 Å². The smallest absolute Gasteiger partial charge is 0.235 e. The van der Waals surface area contributed by atoms with Gasteiger partial charge in [-0.3, -0.25) is 9.36 Å². The molecule has 0 fully saturated rings. The molecule has 7 heteroatoms. The molecule has 0 unspecified atom stereocenters. The third-order valence-corrected chi connectivity index (χ3v) is 5.76. The van der Waals surface area contributed by atoms with Gasteiger partial charge in [-0.15, -0.1) is 0 Å². The van der Waals surface area contributed by atoms with Crippen molar-refractivity contribution in [2.24, 2.45) is 0 Å². The van der Waals surface area contributed by atoms with E-state index in [4.69, 9.17) is 0 Å². The highest BCUT2D eigenvalue weighted by Gasteiger charge is 2.30. The molecule has 134 valence electrons. The van der Waals surface area contributed by atoms with E-state index in [1.165, 1.54) is 0 Å². The van der Waals surface area contributed by atoms with E-state index >= 15 is 0 Å². The maximum atomic E-state index is 12.9. The molecule has 1 aliphatic rings. The fraction of sp³-hybridized carbons (Fsp3) is 0.444. The Labute approximate surface area is 148 Å². The van der Waals surface area contributed by atoms with E-state index in [9.17, 15) is 13.2 Å². The minimum absolute atomic E-state index is 0.0164. The first-order valence-corrected chi connectivity index (χ1v) is 10.3. The van der Waals surface area contributed by atoms with E-state index in [0.29, 0.717) is 6.54 Å². The second-order valence-corrected chi connectivity index (χ2v) is 8.16. The van der Waals surface area contributed by atoms with E-state index in [-0.39, 0.29) is 5.16 Å². The Morgan fingerprint density at radius 3 is 2.64 bits per heavy atom. The number of fused-ring (bicyclic) bond motifs is 1. The molecule has 1 aromatic heterocycles. The SMILES string of the molecule is CCCNC(=O)CS(=O)(=O)c1nc2c(n1-c1ccccc1)CCCC2. The second kappa shape index (κ2) is 7.39. The summed E-state index contributed by atoms with van der Waals surface area (Å²) in [5, 5.41) is 2.61. The maximum absolute atomic E-state index is 12.9. The normalized spacial score (nSPS) is 14.1. The molecule has 1 aliphatic carbocycles. The van der Waals surface area contributed by atoms with Crippen molar-refractivity contribution >= 4 is 15.7 Å². The van der Waals surface area contributed by atoms with Crippen LogP contribution in [0.3, 0.4) is 0 Å². The Balaban J connectivity index is 2.03. The highest BCUT2D eigenvalue weighted by Crippen LogP contribution is 2.28. The van der Waals surface area contributed by atoms with Crippen LogP contribution in [-0.4, -0.2) is 36.2 Å². The Kier molecular flexibility index (Phi) is 5.22. The highest BCUT2D eigenvalue weighted by molar-refractivity contribution is 7.92. The van der Waals surface area contributed by atoms with Crippen molar-refractivity contribution in [3.05, 3.63) is 41.7 Å². The number of carbonyl (C=O) groups excluding carboxylic acids is 1. The lowest BCUT2D eigenvalue weighted by molar-refractivity contribution is -0.118. The maximum Gasteiger partial charge on any atom is 0.235 e. The molecule has 3 rings (SSSR count). The van der Waals surface area contributed by atoms with E-state index in [1.54, 1.807) is 4.57 Å². The van der Waals surface area contributed by atoms with Crippen LogP contribution >= 0.6 is 0 Å². The van der Waals surface area contributed by atoms with Crippen molar-refractivity contribution in [2.45, 2.75) is 44.2 Å². The van der Waals surface area contributed by atoms with Crippen LogP contribution < -0.4 is 5.32 Å². The molecule has 0 atom stereocenters. The van der Waals surface area contributed by atoms with Gasteiger partial charge in [0.1, 0.15) is 5.75 Å². The van der Waals surface area contributed by atoms with Gasteiger partial charge >= 0.3 is 0 Å². The summed E-state index contributed by atoms with van der Waals surface area (Å²) in [5.74, 6) is -1.06. The van der Waals surface area contributed by atoms with Crippen molar-refractivity contribution in [2.75, 3.05) is 12.3 Å². The van der Waals surface area contributed by atoms with Gasteiger partial charge in [0.2, 0.25) is 20.9 Å². The Morgan fingerprint density at radius 1 is 1.20 bits per heavy atom. The number of nitrogens with zero attached hydrogens (tertiary/aromatic N) is 2. The Hall–Kier alpha value is -2.15. The molecule has 0 saturated heterocycles. The van der Waals surface area contributed by atoms with Gasteiger partial charge in [0, 0.05) is 17.9 Å². The van der Waals surface area contributed by atoms with E-state index in [1.807, 2.05) is 37.3 Å². The second-order valence-electron chi connectivity index (χ2n) is 6.27. The minimum atomic E-state index is -3.82. The van der Waals surface area contributed by atoms with Crippen LogP contribution in [0, 0.1) is 0 Å². The average molecular weight is 361 g/mol. The summed E-state index contributed by atoms with van der Waals surface area (Å²) >= 11 is 0. The number of aromatic nitrogens is 2. The van der Waals surface area contributed by atoms with Crippen LogP contribution in [0.5, 0.6) is 0 Å². The van der Waals surface area contributed by atoms with Gasteiger partial charge in [-0.2, -0.15) is 0 Å². The number of hydrogen-bond donors (Lipinski definition) is 1. The predicted octanol–water partition coefficient (Wildman–Crippen LogP) is 2.05. The highest BCUT2D eigenvalue weighted by atomic mass is 32.2. The lowest BCUT2D eigenvalue weighted by atomic mass is 10.0. The van der Waals surface area contributed by atoms with Crippen LogP contribution in [-0.2, 0) is 27.5 Å². The standard InChI is InChI=1S/C18H23N3O3S/c1-2-12-19-17(22)13-25(23,24)18-20-15-10-6-7-11-16(15)21(18)14-8-4-3-5-9-14/h3-5,8-9H,2,6-7,10-13H2,1H3,(H,19,22). The molecular weight excluding hydrogens is 338 g/mol. The summed E-state index contributed by atoms with van der Waals surface area (Å²) in [4.78, 5) is 16.4. The molecule has 25 heavy (non-hydrogen) atoms. The first kappa shape index (κ1) is 17.7. The molecule has 0 aliphatic heterocycles. The van der Waals surface area contributed by atoms with Gasteiger partial charge in [-0.05, 0) is 44.2 Å². The van der Waals surface area contributed by atoms with Crippen LogP contribution in [0.25, 0.3) is 5.69 Å². The van der Waals surface area contributed by atoms with Crippen molar-refractivity contribution in [3.8, 4) is 5.69 Å². The number of hydrogen-bond acceptors (Lipinski definition) is 4. The fourth-order valence-electron chi connectivity index (χ4n) is 3.12. The molecule has 0 spiro atoms. The first-order chi connectivity index (χ1) is 12.0. The van der Waals surface area contributed by atoms with E-state index in [0.717, 1.165) is 49.2 Å². The summed E-state index contributed by atoms with van der Waals surface area (Å²) < 4.78 is 27.5. The minimum Gasteiger partial charge on any atom is -0.355 e.